The average molecular weight is 368 g/mol. The van der Waals surface area contributed by atoms with Crippen molar-refractivity contribution >= 4 is 27.3 Å². The van der Waals surface area contributed by atoms with E-state index >= 15 is 0 Å². The van der Waals surface area contributed by atoms with Crippen LogP contribution < -0.4 is 5.32 Å². The van der Waals surface area contributed by atoms with Gasteiger partial charge in [-0.05, 0) is 45.8 Å². The maximum absolute atomic E-state index is 13.1. The Hall–Kier alpha value is -0.920. The fourth-order valence-corrected chi connectivity index (χ4v) is 3.13. The Morgan fingerprint density at radius 1 is 1.10 bits per heavy atom. The van der Waals surface area contributed by atoms with E-state index in [-0.39, 0.29) is 6.54 Å². The molecule has 0 bridgehead atoms. The molecule has 0 fully saturated rings. The molecule has 20 heavy (non-hydrogen) atoms. The van der Waals surface area contributed by atoms with Crippen LogP contribution in [0.3, 0.4) is 0 Å². The minimum atomic E-state index is -4.67. The molecule has 108 valence electrons. The number of thiophene rings is 1. The van der Waals surface area contributed by atoms with E-state index in [1.807, 2.05) is 12.1 Å². The lowest BCUT2D eigenvalue weighted by Crippen LogP contribution is -2.14. The summed E-state index contributed by atoms with van der Waals surface area (Å²) in [6, 6.07) is 6.87. The molecule has 0 aliphatic rings. The highest BCUT2D eigenvalue weighted by molar-refractivity contribution is 9.11. The van der Waals surface area contributed by atoms with Gasteiger partial charge in [0.15, 0.2) is 0 Å². The molecule has 0 radical (unpaired) electrons. The van der Waals surface area contributed by atoms with Crippen molar-refractivity contribution in [2.24, 2.45) is 0 Å². The second-order valence-electron chi connectivity index (χ2n) is 4.12. The van der Waals surface area contributed by atoms with Gasteiger partial charge in [-0.3, -0.25) is 0 Å². The van der Waals surface area contributed by atoms with Gasteiger partial charge in [-0.2, -0.15) is 13.2 Å². The summed E-state index contributed by atoms with van der Waals surface area (Å²) in [5.41, 5.74) is -0.829. The standard InChI is InChI=1S/C13H10BrF4NS/c14-12-4-2-9(20-12)7-19-6-8-1-3-11(15)10(5-8)13(16,17)18/h1-5,19H,6-7H2. The van der Waals surface area contributed by atoms with E-state index in [0.29, 0.717) is 12.1 Å². The van der Waals surface area contributed by atoms with Crippen LogP contribution in [0.2, 0.25) is 0 Å². The van der Waals surface area contributed by atoms with Crippen molar-refractivity contribution in [3.05, 3.63) is 55.9 Å². The molecule has 1 heterocycles. The Bertz CT molecular complexity index is 594. The number of hydrogen-bond acceptors (Lipinski definition) is 2. The van der Waals surface area contributed by atoms with Gasteiger partial charge >= 0.3 is 6.18 Å². The van der Waals surface area contributed by atoms with Crippen LogP contribution in [-0.2, 0) is 19.3 Å². The van der Waals surface area contributed by atoms with Crippen molar-refractivity contribution < 1.29 is 17.6 Å². The van der Waals surface area contributed by atoms with E-state index in [0.717, 1.165) is 20.8 Å². The maximum Gasteiger partial charge on any atom is 0.419 e. The lowest BCUT2D eigenvalue weighted by atomic mass is 10.1. The molecule has 1 N–H and O–H groups in total. The molecule has 1 nitrogen and oxygen atoms in total. The van der Waals surface area contributed by atoms with E-state index in [4.69, 9.17) is 0 Å². The fraction of sp³-hybridized carbons (Fsp3) is 0.231. The zero-order valence-electron chi connectivity index (χ0n) is 10.1. The van der Waals surface area contributed by atoms with Gasteiger partial charge in [0.1, 0.15) is 5.82 Å². The summed E-state index contributed by atoms with van der Waals surface area (Å²) < 4.78 is 51.8. The second-order valence-corrected chi connectivity index (χ2v) is 6.67. The monoisotopic (exact) mass is 367 g/mol. The van der Waals surface area contributed by atoms with Crippen LogP contribution in [0.15, 0.2) is 34.1 Å². The van der Waals surface area contributed by atoms with Crippen molar-refractivity contribution in [3.8, 4) is 0 Å². The topological polar surface area (TPSA) is 12.0 Å². The van der Waals surface area contributed by atoms with Crippen molar-refractivity contribution in [1.29, 1.82) is 0 Å². The van der Waals surface area contributed by atoms with Gasteiger partial charge in [0.05, 0.1) is 9.35 Å². The van der Waals surface area contributed by atoms with Crippen molar-refractivity contribution in [2.75, 3.05) is 0 Å². The molecule has 7 heteroatoms. The third-order valence-electron chi connectivity index (χ3n) is 2.59. The number of benzene rings is 1. The number of rotatable bonds is 4. The van der Waals surface area contributed by atoms with E-state index in [2.05, 4.69) is 21.2 Å². The Labute approximate surface area is 125 Å². The quantitative estimate of drug-likeness (QED) is 0.753. The minimum Gasteiger partial charge on any atom is -0.308 e. The van der Waals surface area contributed by atoms with Gasteiger partial charge in [0.25, 0.3) is 0 Å². The third-order valence-corrected chi connectivity index (χ3v) is 4.22. The molecule has 0 amide bonds. The fourth-order valence-electron chi connectivity index (χ4n) is 1.68. The van der Waals surface area contributed by atoms with Gasteiger partial charge in [-0.15, -0.1) is 11.3 Å². The summed E-state index contributed by atoms with van der Waals surface area (Å²) in [5.74, 6) is -1.25. The predicted molar refractivity (Wildman–Crippen MR) is 74.0 cm³/mol. The first-order chi connectivity index (χ1) is 9.36. The SMILES string of the molecule is Fc1ccc(CNCc2ccc(Br)s2)cc1C(F)(F)F. The third kappa shape index (κ3) is 4.04. The summed E-state index contributed by atoms with van der Waals surface area (Å²) in [7, 11) is 0. The Balaban J connectivity index is 2.00. The molecule has 2 aromatic rings. The highest BCUT2D eigenvalue weighted by Crippen LogP contribution is 2.31. The first-order valence-corrected chi connectivity index (χ1v) is 7.28. The number of hydrogen-bond donors (Lipinski definition) is 1. The largest absolute Gasteiger partial charge is 0.419 e. The molecule has 0 aliphatic heterocycles. The Morgan fingerprint density at radius 2 is 1.85 bits per heavy atom. The van der Waals surface area contributed by atoms with Gasteiger partial charge in [-0.1, -0.05) is 6.07 Å². The normalized spacial score (nSPS) is 11.8. The molecule has 0 spiro atoms. The van der Waals surface area contributed by atoms with Crippen LogP contribution in [0.1, 0.15) is 16.0 Å². The number of halogens is 5. The Kier molecular flexibility index (Phi) is 4.82. The molecule has 2 rings (SSSR count). The van der Waals surface area contributed by atoms with Crippen LogP contribution >= 0.6 is 27.3 Å². The summed E-state index contributed by atoms with van der Waals surface area (Å²) in [6.45, 7) is 0.799. The first-order valence-electron chi connectivity index (χ1n) is 5.67. The second kappa shape index (κ2) is 6.24. The zero-order valence-corrected chi connectivity index (χ0v) is 12.5. The van der Waals surface area contributed by atoms with Gasteiger partial charge in [0, 0.05) is 18.0 Å². The average Bonchev–Trinajstić information content (AvgIpc) is 2.76. The molecule has 1 aromatic heterocycles. The smallest absolute Gasteiger partial charge is 0.308 e. The number of alkyl halides is 3. The van der Waals surface area contributed by atoms with Crippen molar-refractivity contribution in [1.82, 2.24) is 5.32 Å². The molecular formula is C13H10BrF4NS. The molecule has 0 saturated carbocycles. The maximum atomic E-state index is 13.1. The molecule has 0 atom stereocenters. The first kappa shape index (κ1) is 15.5. The lowest BCUT2D eigenvalue weighted by molar-refractivity contribution is -0.140. The van der Waals surface area contributed by atoms with Crippen LogP contribution in [0.25, 0.3) is 0 Å². The highest BCUT2D eigenvalue weighted by atomic mass is 79.9. The van der Waals surface area contributed by atoms with Crippen LogP contribution in [0.4, 0.5) is 17.6 Å². The summed E-state index contributed by atoms with van der Waals surface area (Å²) in [4.78, 5) is 1.06. The van der Waals surface area contributed by atoms with Gasteiger partial charge in [-0.25, -0.2) is 4.39 Å². The molecule has 0 saturated heterocycles. The van der Waals surface area contributed by atoms with Crippen molar-refractivity contribution in [3.63, 3.8) is 0 Å². The van der Waals surface area contributed by atoms with Crippen LogP contribution in [0.5, 0.6) is 0 Å². The summed E-state index contributed by atoms with van der Waals surface area (Å²) in [5, 5.41) is 3.03. The molecule has 1 aromatic carbocycles. The van der Waals surface area contributed by atoms with E-state index in [9.17, 15) is 17.6 Å². The minimum absolute atomic E-state index is 0.249. The van der Waals surface area contributed by atoms with E-state index < -0.39 is 17.6 Å². The van der Waals surface area contributed by atoms with E-state index in [1.165, 1.54) is 6.07 Å². The molecule has 0 aliphatic carbocycles. The molecule has 0 unspecified atom stereocenters. The predicted octanol–water partition coefficient (Wildman–Crippen LogP) is 4.96. The lowest BCUT2D eigenvalue weighted by Gasteiger charge is -2.10. The van der Waals surface area contributed by atoms with Crippen LogP contribution in [0, 0.1) is 5.82 Å². The molecular weight excluding hydrogens is 358 g/mol. The van der Waals surface area contributed by atoms with Crippen LogP contribution in [-0.4, -0.2) is 0 Å². The van der Waals surface area contributed by atoms with E-state index in [1.54, 1.807) is 11.3 Å². The summed E-state index contributed by atoms with van der Waals surface area (Å²) in [6.07, 6.45) is -4.67. The summed E-state index contributed by atoms with van der Waals surface area (Å²) >= 11 is 4.88. The number of nitrogens with one attached hydrogen (secondary N) is 1. The van der Waals surface area contributed by atoms with Crippen molar-refractivity contribution in [2.45, 2.75) is 19.3 Å². The van der Waals surface area contributed by atoms with Gasteiger partial charge in [0.2, 0.25) is 0 Å². The van der Waals surface area contributed by atoms with Gasteiger partial charge < -0.3 is 5.32 Å². The highest BCUT2D eigenvalue weighted by Gasteiger charge is 2.34. The zero-order chi connectivity index (χ0) is 14.8. The Morgan fingerprint density at radius 3 is 2.45 bits per heavy atom.